The van der Waals surface area contributed by atoms with E-state index >= 15 is 0 Å². The second kappa shape index (κ2) is 9.10. The van der Waals surface area contributed by atoms with Crippen molar-refractivity contribution in [2.75, 3.05) is 0 Å². The summed E-state index contributed by atoms with van der Waals surface area (Å²) < 4.78 is 4.64. The van der Waals surface area contributed by atoms with Gasteiger partial charge in [0.25, 0.3) is 0 Å². The summed E-state index contributed by atoms with van der Waals surface area (Å²) in [7, 11) is 4.35. The molecule has 0 spiro atoms. The number of aryl methyl sites for hydroxylation is 3. The fourth-order valence-electron chi connectivity index (χ4n) is 6.84. The molecule has 0 amide bonds. The molecule has 0 atom stereocenters. The molecule has 0 aliphatic heterocycles. The van der Waals surface area contributed by atoms with Crippen LogP contribution in [-0.4, -0.2) is 9.13 Å². The highest BCUT2D eigenvalue weighted by atomic mass is 14.9. The third kappa shape index (κ3) is 4.00. The molecule has 0 unspecified atom stereocenters. The highest BCUT2D eigenvalue weighted by Crippen LogP contribution is 2.39. The summed E-state index contributed by atoms with van der Waals surface area (Å²) >= 11 is 0. The molecule has 42 heavy (non-hydrogen) atoms. The molecular weight excluding hydrogens is 508 g/mol. The van der Waals surface area contributed by atoms with Crippen LogP contribution in [0.4, 0.5) is 0 Å². The first-order chi connectivity index (χ1) is 19.9. The Kier molecular flexibility index (Phi) is 5.76. The van der Waals surface area contributed by atoms with Crippen LogP contribution in [0.3, 0.4) is 0 Å². The normalized spacial score (nSPS) is 12.8. The molecule has 2 nitrogen and oxygen atoms in total. The van der Waals surface area contributed by atoms with Gasteiger partial charge in [0.05, 0.1) is 0 Å². The lowest BCUT2D eigenvalue weighted by atomic mass is 9.75. The molecule has 5 aromatic carbocycles. The number of benzene rings is 5. The largest absolute Gasteiger partial charge is 0.344 e. The predicted octanol–water partition coefficient (Wildman–Crippen LogP) is 10.6. The van der Waals surface area contributed by atoms with E-state index in [2.05, 4.69) is 162 Å². The van der Waals surface area contributed by atoms with Crippen LogP contribution in [0.5, 0.6) is 0 Å². The van der Waals surface area contributed by atoms with E-state index in [0.717, 1.165) is 0 Å². The highest BCUT2D eigenvalue weighted by Gasteiger charge is 2.26. The second-order valence-corrected chi connectivity index (χ2v) is 13.8. The Morgan fingerprint density at radius 2 is 0.905 bits per heavy atom. The molecule has 2 heterocycles. The summed E-state index contributed by atoms with van der Waals surface area (Å²) in [6.07, 6.45) is 0. The summed E-state index contributed by atoms with van der Waals surface area (Å²) in [5.41, 5.74) is 13.0. The van der Waals surface area contributed by atoms with Crippen LogP contribution in [0.2, 0.25) is 0 Å². The molecule has 0 saturated carbocycles. The molecule has 7 aromatic rings. The van der Waals surface area contributed by atoms with Gasteiger partial charge in [0.1, 0.15) is 0 Å². The second-order valence-electron chi connectivity index (χ2n) is 13.8. The molecular formula is C40H40N2. The van der Waals surface area contributed by atoms with Crippen LogP contribution >= 0.6 is 0 Å². The van der Waals surface area contributed by atoms with Crippen molar-refractivity contribution in [1.82, 2.24) is 9.13 Å². The summed E-state index contributed by atoms with van der Waals surface area (Å²) in [6, 6.07) is 36.9. The molecule has 210 valence electrons. The molecule has 0 saturated heterocycles. The van der Waals surface area contributed by atoms with Gasteiger partial charge in [-0.15, -0.1) is 0 Å². The SMILES string of the molecule is Cc1ccc2c(c1)c1cc(-c3ccc4c(c3)c3cc(C(C)(C)c5cccc(C(C)(C)C)c5)ccc3n4C)ccc1n2C. The van der Waals surface area contributed by atoms with E-state index in [1.807, 2.05) is 0 Å². The molecule has 0 aliphatic rings. The van der Waals surface area contributed by atoms with Gasteiger partial charge in [-0.2, -0.15) is 0 Å². The van der Waals surface area contributed by atoms with Gasteiger partial charge in [0.15, 0.2) is 0 Å². The minimum absolute atomic E-state index is 0.118. The average Bonchev–Trinajstić information content (AvgIpc) is 3.42. The molecule has 2 heteroatoms. The van der Waals surface area contributed by atoms with Crippen LogP contribution < -0.4 is 0 Å². The predicted molar refractivity (Wildman–Crippen MR) is 182 cm³/mol. The lowest BCUT2D eigenvalue weighted by Gasteiger charge is -2.29. The summed E-state index contributed by atoms with van der Waals surface area (Å²) in [4.78, 5) is 0. The number of aromatic nitrogens is 2. The van der Waals surface area contributed by atoms with Gasteiger partial charge < -0.3 is 9.13 Å². The quantitative estimate of drug-likeness (QED) is 0.208. The Morgan fingerprint density at radius 3 is 1.48 bits per heavy atom. The van der Waals surface area contributed by atoms with Gasteiger partial charge in [-0.05, 0) is 88.7 Å². The first-order valence-electron chi connectivity index (χ1n) is 15.1. The maximum absolute atomic E-state index is 2.43. The molecule has 0 aliphatic carbocycles. The van der Waals surface area contributed by atoms with Gasteiger partial charge in [-0.3, -0.25) is 0 Å². The van der Waals surface area contributed by atoms with Gasteiger partial charge in [-0.1, -0.05) is 88.7 Å². The zero-order valence-electron chi connectivity index (χ0n) is 26.1. The van der Waals surface area contributed by atoms with Crippen molar-refractivity contribution in [1.29, 1.82) is 0 Å². The number of rotatable bonds is 3. The topological polar surface area (TPSA) is 9.86 Å². The van der Waals surface area contributed by atoms with Crippen LogP contribution in [0.1, 0.15) is 56.9 Å². The molecule has 0 fully saturated rings. The summed E-state index contributed by atoms with van der Waals surface area (Å²) in [5, 5.41) is 5.25. The minimum atomic E-state index is -0.118. The van der Waals surface area contributed by atoms with Gasteiger partial charge in [0, 0.05) is 63.1 Å². The number of hydrogen-bond acceptors (Lipinski definition) is 0. The van der Waals surface area contributed by atoms with Crippen LogP contribution in [-0.2, 0) is 24.9 Å². The van der Waals surface area contributed by atoms with E-state index in [4.69, 9.17) is 0 Å². The van der Waals surface area contributed by atoms with E-state index in [1.54, 1.807) is 0 Å². The first-order valence-corrected chi connectivity index (χ1v) is 15.1. The van der Waals surface area contributed by atoms with Crippen molar-refractivity contribution in [2.45, 2.75) is 52.4 Å². The number of nitrogens with zero attached hydrogens (tertiary/aromatic N) is 2. The Labute approximate surface area is 249 Å². The van der Waals surface area contributed by atoms with Crippen molar-refractivity contribution < 1.29 is 0 Å². The van der Waals surface area contributed by atoms with Gasteiger partial charge in [0.2, 0.25) is 0 Å². The monoisotopic (exact) mass is 548 g/mol. The van der Waals surface area contributed by atoms with Crippen LogP contribution in [0.25, 0.3) is 54.7 Å². The van der Waals surface area contributed by atoms with Crippen molar-refractivity contribution in [2.24, 2.45) is 14.1 Å². The zero-order valence-corrected chi connectivity index (χ0v) is 26.1. The van der Waals surface area contributed by atoms with E-state index in [9.17, 15) is 0 Å². The summed E-state index contributed by atoms with van der Waals surface area (Å²) in [5.74, 6) is 0. The minimum Gasteiger partial charge on any atom is -0.344 e. The summed E-state index contributed by atoms with van der Waals surface area (Å²) in [6.45, 7) is 13.8. The molecule has 2 aromatic heterocycles. The molecule has 0 radical (unpaired) electrons. The Balaban J connectivity index is 1.38. The maximum atomic E-state index is 2.43. The average molecular weight is 549 g/mol. The standard InChI is InChI=1S/C40H40N2/c1-25-12-16-35-31(20-25)32-21-26(13-17-36(32)41(35)7)27-14-18-37-33(22-27)34-24-30(15-19-38(34)42(37)8)40(5,6)29-11-9-10-28(23-29)39(2,3)4/h9-24H,1-8H3. The third-order valence-corrected chi connectivity index (χ3v) is 9.67. The molecule has 0 bridgehead atoms. The lowest BCUT2D eigenvalue weighted by molar-refractivity contribution is 0.582. The Morgan fingerprint density at radius 1 is 0.452 bits per heavy atom. The zero-order chi connectivity index (χ0) is 29.6. The van der Waals surface area contributed by atoms with Crippen molar-refractivity contribution in [3.63, 3.8) is 0 Å². The van der Waals surface area contributed by atoms with Crippen LogP contribution in [0, 0.1) is 6.92 Å². The number of hydrogen-bond donors (Lipinski definition) is 0. The Hall–Kier alpha value is -4.30. The van der Waals surface area contributed by atoms with E-state index in [0.29, 0.717) is 0 Å². The fourth-order valence-corrected chi connectivity index (χ4v) is 6.84. The van der Waals surface area contributed by atoms with E-state index in [-0.39, 0.29) is 10.8 Å². The first kappa shape index (κ1) is 26.6. The smallest absolute Gasteiger partial charge is 0.0489 e. The van der Waals surface area contributed by atoms with Gasteiger partial charge in [-0.25, -0.2) is 0 Å². The lowest BCUT2D eigenvalue weighted by Crippen LogP contribution is -2.20. The van der Waals surface area contributed by atoms with Crippen molar-refractivity contribution >= 4 is 43.6 Å². The van der Waals surface area contributed by atoms with E-state index in [1.165, 1.54) is 77.0 Å². The Bertz CT molecular complexity index is 2180. The highest BCUT2D eigenvalue weighted by molar-refractivity contribution is 6.11. The van der Waals surface area contributed by atoms with Crippen molar-refractivity contribution in [3.8, 4) is 11.1 Å². The fraction of sp³-hybridized carbons (Fsp3) is 0.250. The van der Waals surface area contributed by atoms with Crippen LogP contribution in [0.15, 0.2) is 97.1 Å². The van der Waals surface area contributed by atoms with E-state index < -0.39 is 0 Å². The third-order valence-electron chi connectivity index (χ3n) is 9.67. The number of fused-ring (bicyclic) bond motifs is 6. The van der Waals surface area contributed by atoms with Crippen molar-refractivity contribution in [3.05, 3.63) is 119 Å². The maximum Gasteiger partial charge on any atom is 0.0489 e. The van der Waals surface area contributed by atoms with Gasteiger partial charge >= 0.3 is 0 Å². The molecule has 0 N–H and O–H groups in total. The molecule has 7 rings (SSSR count).